The van der Waals surface area contributed by atoms with Gasteiger partial charge in [0.05, 0.1) is 12.0 Å². The molecule has 82 valence electrons. The molecule has 3 nitrogen and oxygen atoms in total. The summed E-state index contributed by atoms with van der Waals surface area (Å²) in [5, 5.41) is 12.6. The highest BCUT2D eigenvalue weighted by Crippen LogP contribution is 2.21. The molecule has 4 heteroatoms. The summed E-state index contributed by atoms with van der Waals surface area (Å²) >= 11 is 6.12. The average molecular weight is 228 g/mol. The number of aromatic hydroxyl groups is 1. The summed E-state index contributed by atoms with van der Waals surface area (Å²) in [4.78, 5) is 0. The second kappa shape index (κ2) is 4.73. The van der Waals surface area contributed by atoms with Crippen molar-refractivity contribution >= 4 is 17.3 Å². The van der Waals surface area contributed by atoms with E-state index in [0.29, 0.717) is 6.61 Å². The third kappa shape index (κ3) is 2.76. The predicted molar refractivity (Wildman–Crippen MR) is 60.6 cm³/mol. The minimum Gasteiger partial charge on any atom is -0.508 e. The SMILES string of the molecule is Oc1cccc(NC2CCOCC2Cl)c1. The number of phenols is 1. The first-order valence-corrected chi connectivity index (χ1v) is 5.47. The molecule has 1 heterocycles. The van der Waals surface area contributed by atoms with Gasteiger partial charge in [0.2, 0.25) is 0 Å². The molecule has 1 saturated heterocycles. The van der Waals surface area contributed by atoms with E-state index < -0.39 is 0 Å². The van der Waals surface area contributed by atoms with Gasteiger partial charge in [-0.15, -0.1) is 11.6 Å². The lowest BCUT2D eigenvalue weighted by Gasteiger charge is -2.28. The minimum atomic E-state index is -0.0129. The molecule has 0 aliphatic carbocycles. The van der Waals surface area contributed by atoms with Crippen molar-refractivity contribution in [3.63, 3.8) is 0 Å². The summed E-state index contributed by atoms with van der Waals surface area (Å²) < 4.78 is 5.25. The molecule has 15 heavy (non-hydrogen) atoms. The van der Waals surface area contributed by atoms with Crippen molar-refractivity contribution in [1.82, 2.24) is 0 Å². The normalized spacial score (nSPS) is 26.2. The standard InChI is InChI=1S/C11H14ClNO2/c12-10-7-15-5-4-11(10)13-8-2-1-3-9(14)6-8/h1-3,6,10-11,13-14H,4-5,7H2. The number of halogens is 1. The fraction of sp³-hybridized carbons (Fsp3) is 0.455. The molecule has 2 rings (SSSR count). The lowest BCUT2D eigenvalue weighted by molar-refractivity contribution is 0.0935. The molecule has 1 aromatic carbocycles. The van der Waals surface area contributed by atoms with Crippen molar-refractivity contribution in [3.8, 4) is 5.75 Å². The summed E-state index contributed by atoms with van der Waals surface area (Å²) in [7, 11) is 0. The van der Waals surface area contributed by atoms with E-state index in [2.05, 4.69) is 5.32 Å². The van der Waals surface area contributed by atoms with Crippen molar-refractivity contribution in [3.05, 3.63) is 24.3 Å². The molecule has 0 radical (unpaired) electrons. The fourth-order valence-electron chi connectivity index (χ4n) is 1.68. The largest absolute Gasteiger partial charge is 0.508 e. The van der Waals surface area contributed by atoms with Crippen molar-refractivity contribution < 1.29 is 9.84 Å². The second-order valence-corrected chi connectivity index (χ2v) is 4.24. The van der Waals surface area contributed by atoms with E-state index in [0.717, 1.165) is 18.7 Å². The number of nitrogens with one attached hydrogen (secondary N) is 1. The van der Waals surface area contributed by atoms with Gasteiger partial charge in [-0.05, 0) is 18.6 Å². The highest BCUT2D eigenvalue weighted by atomic mass is 35.5. The summed E-state index contributed by atoms with van der Waals surface area (Å²) in [5.74, 6) is 0.262. The molecular weight excluding hydrogens is 214 g/mol. The van der Waals surface area contributed by atoms with Gasteiger partial charge in [-0.2, -0.15) is 0 Å². The van der Waals surface area contributed by atoms with E-state index in [1.54, 1.807) is 18.2 Å². The predicted octanol–water partition coefficient (Wildman–Crippen LogP) is 2.20. The van der Waals surface area contributed by atoms with Crippen molar-refractivity contribution in [2.75, 3.05) is 18.5 Å². The molecule has 1 aliphatic rings. The Kier molecular flexibility index (Phi) is 3.34. The van der Waals surface area contributed by atoms with Crippen molar-refractivity contribution in [1.29, 1.82) is 0 Å². The second-order valence-electron chi connectivity index (χ2n) is 3.68. The van der Waals surface area contributed by atoms with Crippen LogP contribution in [-0.2, 0) is 4.74 Å². The third-order valence-corrected chi connectivity index (χ3v) is 2.92. The third-order valence-electron chi connectivity index (χ3n) is 2.49. The molecule has 2 unspecified atom stereocenters. The number of rotatable bonds is 2. The molecule has 0 spiro atoms. The molecule has 2 atom stereocenters. The van der Waals surface area contributed by atoms with Crippen LogP contribution in [0.15, 0.2) is 24.3 Å². The van der Waals surface area contributed by atoms with Crippen molar-refractivity contribution in [2.24, 2.45) is 0 Å². The first-order chi connectivity index (χ1) is 7.25. The first kappa shape index (κ1) is 10.6. The maximum Gasteiger partial charge on any atom is 0.117 e. The first-order valence-electron chi connectivity index (χ1n) is 5.03. The number of alkyl halides is 1. The number of ether oxygens (including phenoxy) is 1. The minimum absolute atomic E-state index is 0.0129. The highest BCUT2D eigenvalue weighted by Gasteiger charge is 2.23. The highest BCUT2D eigenvalue weighted by molar-refractivity contribution is 6.21. The van der Waals surface area contributed by atoms with Gasteiger partial charge in [-0.25, -0.2) is 0 Å². The summed E-state index contributed by atoms with van der Waals surface area (Å²) in [6.07, 6.45) is 0.893. The van der Waals surface area contributed by atoms with E-state index in [1.807, 2.05) is 6.07 Å². The van der Waals surface area contributed by atoms with Crippen LogP contribution < -0.4 is 5.32 Å². The average Bonchev–Trinajstić information content (AvgIpc) is 2.22. The number of phenolic OH excluding ortho intramolecular Hbond substituents is 1. The number of hydrogen-bond donors (Lipinski definition) is 2. The zero-order valence-corrected chi connectivity index (χ0v) is 9.07. The van der Waals surface area contributed by atoms with E-state index in [1.165, 1.54) is 0 Å². The monoisotopic (exact) mass is 227 g/mol. The van der Waals surface area contributed by atoms with Crippen LogP contribution in [0.25, 0.3) is 0 Å². The molecule has 1 aromatic rings. The van der Waals surface area contributed by atoms with Crippen LogP contribution in [0.5, 0.6) is 5.75 Å². The smallest absolute Gasteiger partial charge is 0.117 e. The van der Waals surface area contributed by atoms with E-state index in [-0.39, 0.29) is 17.2 Å². The summed E-state index contributed by atoms with van der Waals surface area (Å²) in [6, 6.07) is 7.27. The summed E-state index contributed by atoms with van der Waals surface area (Å²) in [6.45, 7) is 1.32. The Bertz CT molecular complexity index is 332. The van der Waals surface area contributed by atoms with E-state index >= 15 is 0 Å². The van der Waals surface area contributed by atoms with Gasteiger partial charge in [0.1, 0.15) is 5.75 Å². The van der Waals surface area contributed by atoms with Gasteiger partial charge in [0.25, 0.3) is 0 Å². The Labute approximate surface area is 94.0 Å². The molecular formula is C11H14ClNO2. The van der Waals surface area contributed by atoms with Crippen LogP contribution in [0.4, 0.5) is 5.69 Å². The van der Waals surface area contributed by atoms with Gasteiger partial charge < -0.3 is 15.2 Å². The van der Waals surface area contributed by atoms with Crippen LogP contribution in [0.3, 0.4) is 0 Å². The molecule has 0 aromatic heterocycles. The van der Waals surface area contributed by atoms with Gasteiger partial charge in [-0.3, -0.25) is 0 Å². The Morgan fingerprint density at radius 3 is 3.07 bits per heavy atom. The van der Waals surface area contributed by atoms with Crippen LogP contribution in [-0.4, -0.2) is 29.7 Å². The Morgan fingerprint density at radius 2 is 2.33 bits per heavy atom. The van der Waals surface area contributed by atoms with E-state index in [9.17, 15) is 5.11 Å². The maximum absolute atomic E-state index is 9.31. The topological polar surface area (TPSA) is 41.5 Å². The molecule has 0 amide bonds. The zero-order valence-electron chi connectivity index (χ0n) is 8.32. The molecule has 0 saturated carbocycles. The number of anilines is 1. The van der Waals surface area contributed by atoms with Gasteiger partial charge >= 0.3 is 0 Å². The molecule has 1 fully saturated rings. The van der Waals surface area contributed by atoms with Crippen LogP contribution in [0, 0.1) is 0 Å². The summed E-state index contributed by atoms with van der Waals surface area (Å²) in [5.41, 5.74) is 0.896. The van der Waals surface area contributed by atoms with Crippen LogP contribution >= 0.6 is 11.6 Å². The fourth-order valence-corrected chi connectivity index (χ4v) is 1.95. The zero-order chi connectivity index (χ0) is 10.7. The molecule has 2 N–H and O–H groups in total. The van der Waals surface area contributed by atoms with Crippen molar-refractivity contribution in [2.45, 2.75) is 17.8 Å². The Morgan fingerprint density at radius 1 is 1.47 bits per heavy atom. The quantitative estimate of drug-likeness (QED) is 0.762. The molecule has 0 bridgehead atoms. The number of hydrogen-bond acceptors (Lipinski definition) is 3. The van der Waals surface area contributed by atoms with Gasteiger partial charge in [-0.1, -0.05) is 6.07 Å². The maximum atomic E-state index is 9.31. The lowest BCUT2D eigenvalue weighted by atomic mass is 10.1. The Balaban J connectivity index is 2.01. The van der Waals surface area contributed by atoms with Gasteiger partial charge in [0.15, 0.2) is 0 Å². The van der Waals surface area contributed by atoms with E-state index in [4.69, 9.17) is 16.3 Å². The molecule has 1 aliphatic heterocycles. The Hall–Kier alpha value is -0.930. The van der Waals surface area contributed by atoms with Gasteiger partial charge in [0, 0.05) is 24.4 Å². The lowest BCUT2D eigenvalue weighted by Crippen LogP contribution is -2.38. The number of benzene rings is 1. The van der Waals surface area contributed by atoms with Crippen LogP contribution in [0.1, 0.15) is 6.42 Å². The van der Waals surface area contributed by atoms with Crippen LogP contribution in [0.2, 0.25) is 0 Å².